The molecule has 0 saturated carbocycles. The van der Waals surface area contributed by atoms with Crippen molar-refractivity contribution in [1.29, 1.82) is 0 Å². The summed E-state index contributed by atoms with van der Waals surface area (Å²) >= 11 is 3.53. The molecule has 0 saturated heterocycles. The molecule has 20 heavy (non-hydrogen) atoms. The summed E-state index contributed by atoms with van der Waals surface area (Å²) in [6, 6.07) is 8.12. The molecule has 1 heterocycles. The Bertz CT molecular complexity index is 632. The number of hydrogen-bond acceptors (Lipinski definition) is 3. The lowest BCUT2D eigenvalue weighted by molar-refractivity contribution is 0.463. The lowest BCUT2D eigenvalue weighted by Gasteiger charge is -2.16. The summed E-state index contributed by atoms with van der Waals surface area (Å²) in [4.78, 5) is 0. The normalized spacial score (nSPS) is 17.8. The van der Waals surface area contributed by atoms with Gasteiger partial charge in [0, 0.05) is 5.39 Å². The molecule has 0 bridgehead atoms. The number of para-hydroxylation sites is 1. The molecule has 1 aliphatic carbocycles. The maximum Gasteiger partial charge on any atom is 0.148 e. The van der Waals surface area contributed by atoms with Crippen LogP contribution in [0.15, 0.2) is 44.8 Å². The summed E-state index contributed by atoms with van der Waals surface area (Å²) in [5, 5.41) is 1.10. The fourth-order valence-electron chi connectivity index (χ4n) is 2.86. The highest BCUT2D eigenvalue weighted by atomic mass is 79.9. The number of nitrogens with one attached hydrogen (secondary N) is 1. The topological polar surface area (TPSA) is 51.2 Å². The molecule has 4 heteroatoms. The zero-order valence-corrected chi connectivity index (χ0v) is 12.9. The minimum absolute atomic E-state index is 0.0209. The monoisotopic (exact) mass is 334 g/mol. The SMILES string of the molecule is NNC(C1=CCCCCC1)c1cc2cccc(Br)c2o1. The quantitative estimate of drug-likeness (QED) is 0.490. The summed E-state index contributed by atoms with van der Waals surface area (Å²) in [6.45, 7) is 0. The van der Waals surface area contributed by atoms with E-state index in [1.807, 2.05) is 12.1 Å². The van der Waals surface area contributed by atoms with E-state index >= 15 is 0 Å². The molecule has 3 N–H and O–H groups in total. The second kappa shape index (κ2) is 6.12. The molecule has 3 nitrogen and oxygen atoms in total. The lowest BCUT2D eigenvalue weighted by Crippen LogP contribution is -2.29. The predicted molar refractivity (Wildman–Crippen MR) is 85.1 cm³/mol. The maximum atomic E-state index is 6.02. The highest BCUT2D eigenvalue weighted by molar-refractivity contribution is 9.10. The van der Waals surface area contributed by atoms with E-state index in [0.29, 0.717) is 0 Å². The van der Waals surface area contributed by atoms with Crippen molar-refractivity contribution in [2.45, 2.75) is 38.1 Å². The molecule has 0 amide bonds. The third kappa shape index (κ3) is 2.68. The number of rotatable bonds is 3. The molecule has 1 unspecified atom stereocenters. The van der Waals surface area contributed by atoms with Crippen molar-refractivity contribution < 1.29 is 4.42 Å². The van der Waals surface area contributed by atoms with Gasteiger partial charge in [0.25, 0.3) is 0 Å². The number of benzene rings is 1. The van der Waals surface area contributed by atoms with Crippen molar-refractivity contribution >= 4 is 26.9 Å². The van der Waals surface area contributed by atoms with Gasteiger partial charge in [0.15, 0.2) is 0 Å². The number of nitrogens with two attached hydrogens (primary N) is 1. The number of fused-ring (bicyclic) bond motifs is 1. The predicted octanol–water partition coefficient (Wildman–Crippen LogP) is 4.59. The standard InChI is InChI=1S/C16H19BrN2O/c17-13-9-5-8-12-10-14(20-16(12)13)15(19-18)11-6-3-1-2-4-7-11/h5-6,8-10,15,19H,1-4,7,18H2. The number of furan rings is 1. The van der Waals surface area contributed by atoms with Crippen molar-refractivity contribution in [3.63, 3.8) is 0 Å². The average molecular weight is 335 g/mol. The van der Waals surface area contributed by atoms with Gasteiger partial charge < -0.3 is 4.42 Å². The third-order valence-electron chi connectivity index (χ3n) is 3.91. The van der Waals surface area contributed by atoms with E-state index in [1.165, 1.54) is 24.8 Å². The second-order valence-corrected chi connectivity index (χ2v) is 6.14. The maximum absolute atomic E-state index is 6.02. The molecule has 0 aliphatic heterocycles. The Labute approximate surface area is 127 Å². The van der Waals surface area contributed by atoms with Crippen LogP contribution in [0, 0.1) is 0 Å². The van der Waals surface area contributed by atoms with Crippen LogP contribution in [0.1, 0.15) is 43.9 Å². The van der Waals surface area contributed by atoms with Crippen LogP contribution in [0.25, 0.3) is 11.0 Å². The molecule has 1 atom stereocenters. The Morgan fingerprint density at radius 1 is 1.25 bits per heavy atom. The first-order chi connectivity index (χ1) is 9.79. The van der Waals surface area contributed by atoms with Crippen LogP contribution in [-0.2, 0) is 0 Å². The molecule has 1 aliphatic rings. The first-order valence-corrected chi connectivity index (χ1v) is 7.92. The summed E-state index contributed by atoms with van der Waals surface area (Å²) in [6.07, 6.45) is 8.34. The molecule has 0 fully saturated rings. The van der Waals surface area contributed by atoms with Gasteiger partial charge >= 0.3 is 0 Å². The van der Waals surface area contributed by atoms with E-state index in [2.05, 4.69) is 39.6 Å². The highest BCUT2D eigenvalue weighted by Crippen LogP contribution is 2.34. The van der Waals surface area contributed by atoms with Gasteiger partial charge in [0.1, 0.15) is 11.3 Å². The minimum Gasteiger partial charge on any atom is -0.458 e. The average Bonchev–Trinajstić information content (AvgIpc) is 2.70. The Balaban J connectivity index is 1.98. The molecular formula is C16H19BrN2O. The largest absolute Gasteiger partial charge is 0.458 e. The van der Waals surface area contributed by atoms with Crippen molar-refractivity contribution in [3.8, 4) is 0 Å². The van der Waals surface area contributed by atoms with E-state index in [1.54, 1.807) is 0 Å². The zero-order chi connectivity index (χ0) is 13.9. The second-order valence-electron chi connectivity index (χ2n) is 5.29. The smallest absolute Gasteiger partial charge is 0.148 e. The van der Waals surface area contributed by atoms with Crippen LogP contribution in [0.2, 0.25) is 0 Å². The molecule has 0 radical (unpaired) electrons. The summed E-state index contributed by atoms with van der Waals surface area (Å²) in [5.41, 5.74) is 5.15. The van der Waals surface area contributed by atoms with Gasteiger partial charge in [-0.3, -0.25) is 5.84 Å². The first-order valence-electron chi connectivity index (χ1n) is 7.12. The minimum atomic E-state index is -0.0209. The molecular weight excluding hydrogens is 316 g/mol. The van der Waals surface area contributed by atoms with Gasteiger partial charge in [-0.15, -0.1) is 0 Å². The van der Waals surface area contributed by atoms with Crippen LogP contribution >= 0.6 is 15.9 Å². The van der Waals surface area contributed by atoms with Crippen molar-refractivity contribution in [1.82, 2.24) is 5.43 Å². The van der Waals surface area contributed by atoms with Gasteiger partial charge in [-0.25, -0.2) is 5.43 Å². The first kappa shape index (κ1) is 13.9. The van der Waals surface area contributed by atoms with Gasteiger partial charge in [-0.1, -0.05) is 24.6 Å². The molecule has 2 aromatic rings. The fourth-order valence-corrected chi connectivity index (χ4v) is 3.33. The van der Waals surface area contributed by atoms with Crippen LogP contribution in [-0.4, -0.2) is 0 Å². The Hall–Kier alpha value is -1.10. The van der Waals surface area contributed by atoms with Crippen LogP contribution in [0.5, 0.6) is 0 Å². The van der Waals surface area contributed by atoms with Gasteiger partial charge in [-0.2, -0.15) is 0 Å². The molecule has 1 aromatic heterocycles. The lowest BCUT2D eigenvalue weighted by atomic mass is 10.0. The number of halogens is 1. The Morgan fingerprint density at radius 2 is 2.15 bits per heavy atom. The van der Waals surface area contributed by atoms with Crippen molar-refractivity contribution in [2.24, 2.45) is 5.84 Å². The Kier molecular flexibility index (Phi) is 4.24. The Morgan fingerprint density at radius 3 is 2.95 bits per heavy atom. The van der Waals surface area contributed by atoms with Gasteiger partial charge in [-0.05, 0) is 59.3 Å². The van der Waals surface area contributed by atoms with Crippen LogP contribution in [0.3, 0.4) is 0 Å². The van der Waals surface area contributed by atoms with E-state index in [0.717, 1.165) is 34.0 Å². The van der Waals surface area contributed by atoms with Crippen molar-refractivity contribution in [3.05, 3.63) is 46.1 Å². The van der Waals surface area contributed by atoms with E-state index in [9.17, 15) is 0 Å². The zero-order valence-electron chi connectivity index (χ0n) is 11.4. The molecule has 3 rings (SSSR count). The highest BCUT2D eigenvalue weighted by Gasteiger charge is 2.20. The number of hydrogen-bond donors (Lipinski definition) is 2. The summed E-state index contributed by atoms with van der Waals surface area (Å²) < 4.78 is 6.99. The number of hydrazine groups is 1. The van der Waals surface area contributed by atoms with Crippen molar-refractivity contribution in [2.75, 3.05) is 0 Å². The number of allylic oxidation sites excluding steroid dienone is 1. The fraction of sp³-hybridized carbons (Fsp3) is 0.375. The van der Waals surface area contributed by atoms with E-state index in [4.69, 9.17) is 10.3 Å². The third-order valence-corrected chi connectivity index (χ3v) is 4.54. The molecule has 0 spiro atoms. The molecule has 106 valence electrons. The van der Waals surface area contributed by atoms with Crippen LogP contribution < -0.4 is 11.3 Å². The van der Waals surface area contributed by atoms with Gasteiger partial charge in [0.05, 0.1) is 10.5 Å². The van der Waals surface area contributed by atoms with Crippen LogP contribution in [0.4, 0.5) is 0 Å². The summed E-state index contributed by atoms with van der Waals surface area (Å²) in [5.74, 6) is 6.68. The summed E-state index contributed by atoms with van der Waals surface area (Å²) in [7, 11) is 0. The van der Waals surface area contributed by atoms with E-state index in [-0.39, 0.29) is 6.04 Å². The van der Waals surface area contributed by atoms with Gasteiger partial charge in [0.2, 0.25) is 0 Å². The van der Waals surface area contributed by atoms with E-state index < -0.39 is 0 Å². The molecule has 1 aromatic carbocycles.